The minimum Gasteiger partial charge on any atom is -0.406 e. The predicted molar refractivity (Wildman–Crippen MR) is 89.6 cm³/mol. The summed E-state index contributed by atoms with van der Waals surface area (Å²) in [4.78, 5) is 14.1. The number of hydrogen-bond acceptors (Lipinski definition) is 3. The largest absolute Gasteiger partial charge is 0.573 e. The fraction of sp³-hybridized carbons (Fsp3) is 0.632. The molecule has 3 rings (SSSR count). The first kappa shape index (κ1) is 19.0. The van der Waals surface area contributed by atoms with Crippen molar-refractivity contribution in [2.24, 2.45) is 11.3 Å². The summed E-state index contributed by atoms with van der Waals surface area (Å²) in [6, 6.07) is 6.12. The van der Waals surface area contributed by atoms with Gasteiger partial charge in [-0.1, -0.05) is 19.1 Å². The molecule has 2 atom stereocenters. The smallest absolute Gasteiger partial charge is 0.406 e. The van der Waals surface area contributed by atoms with Crippen LogP contribution in [0.25, 0.3) is 0 Å². The number of rotatable bonds is 5. The quantitative estimate of drug-likeness (QED) is 0.859. The van der Waals surface area contributed by atoms with E-state index in [0.29, 0.717) is 25.4 Å². The van der Waals surface area contributed by atoms with Crippen molar-refractivity contribution in [2.75, 3.05) is 19.7 Å². The van der Waals surface area contributed by atoms with Crippen LogP contribution < -0.4 is 4.74 Å². The highest BCUT2D eigenvalue weighted by Gasteiger charge is 2.50. The van der Waals surface area contributed by atoms with E-state index in [-0.39, 0.29) is 29.6 Å². The van der Waals surface area contributed by atoms with Crippen molar-refractivity contribution in [1.82, 2.24) is 4.90 Å². The maximum Gasteiger partial charge on any atom is 0.573 e. The lowest BCUT2D eigenvalue weighted by atomic mass is 9.76. The number of aliphatic hydroxyl groups excluding tert-OH is 1. The van der Waals surface area contributed by atoms with Crippen molar-refractivity contribution in [1.29, 1.82) is 0 Å². The first-order chi connectivity index (χ1) is 12.3. The summed E-state index contributed by atoms with van der Waals surface area (Å²) in [7, 11) is 0. The van der Waals surface area contributed by atoms with E-state index < -0.39 is 6.36 Å². The molecule has 1 aromatic rings. The Morgan fingerprint density at radius 1 is 1.35 bits per heavy atom. The third kappa shape index (κ3) is 3.98. The van der Waals surface area contributed by atoms with Gasteiger partial charge in [0.2, 0.25) is 5.91 Å². The van der Waals surface area contributed by atoms with Gasteiger partial charge in [0.15, 0.2) is 0 Å². The van der Waals surface area contributed by atoms with Gasteiger partial charge in [-0.25, -0.2) is 0 Å². The molecular formula is C19H24F3NO3. The summed E-state index contributed by atoms with van der Waals surface area (Å²) in [6.45, 7) is 3.21. The summed E-state index contributed by atoms with van der Waals surface area (Å²) in [5.41, 5.74) is 1.14. The minimum atomic E-state index is -4.67. The summed E-state index contributed by atoms with van der Waals surface area (Å²) >= 11 is 0. The number of alkyl halides is 3. The number of benzene rings is 1. The van der Waals surface area contributed by atoms with Gasteiger partial charge < -0.3 is 14.7 Å². The molecule has 26 heavy (non-hydrogen) atoms. The predicted octanol–water partition coefficient (Wildman–Crippen LogP) is 3.70. The molecule has 1 heterocycles. The maximum atomic E-state index is 12.3. The molecule has 1 aliphatic carbocycles. The molecule has 2 aliphatic rings. The SMILES string of the molecule is CC[C@H](CO)C(=O)N1CC2(CC[C@H](c3ccc(OC(F)(F)F)cc3)C2)C1. The van der Waals surface area contributed by atoms with Crippen LogP contribution in [0.3, 0.4) is 0 Å². The first-order valence-electron chi connectivity index (χ1n) is 9.00. The standard InChI is InChI=1S/C19H24F3NO3/c1-2-13(10-24)17(25)23-11-18(12-23)8-7-15(9-18)14-3-5-16(6-4-14)26-19(20,21)22/h3-6,13,15,24H,2,7-12H2,1H3/t13-,15+/m1/s1. The average Bonchev–Trinajstić information content (AvgIpc) is 2.99. The Kier molecular flexibility index (Phi) is 5.19. The monoisotopic (exact) mass is 371 g/mol. The average molecular weight is 371 g/mol. The first-order valence-corrected chi connectivity index (χ1v) is 9.00. The van der Waals surface area contributed by atoms with Crippen LogP contribution in [0.5, 0.6) is 5.75 Å². The van der Waals surface area contributed by atoms with E-state index in [1.807, 2.05) is 11.8 Å². The number of likely N-dealkylation sites (tertiary alicyclic amines) is 1. The van der Waals surface area contributed by atoms with Gasteiger partial charge in [-0.3, -0.25) is 4.79 Å². The van der Waals surface area contributed by atoms with Gasteiger partial charge >= 0.3 is 6.36 Å². The highest BCUT2D eigenvalue weighted by Crippen LogP contribution is 2.52. The third-order valence-electron chi connectivity index (χ3n) is 5.71. The number of aliphatic hydroxyl groups is 1. The number of carbonyl (C=O) groups excluding carboxylic acids is 1. The second-order valence-electron chi connectivity index (χ2n) is 7.54. The molecule has 4 nitrogen and oxygen atoms in total. The topological polar surface area (TPSA) is 49.8 Å². The van der Waals surface area contributed by atoms with Crippen LogP contribution in [0, 0.1) is 11.3 Å². The number of nitrogens with zero attached hydrogens (tertiary/aromatic N) is 1. The molecule has 144 valence electrons. The molecule has 0 radical (unpaired) electrons. The molecule has 2 fully saturated rings. The van der Waals surface area contributed by atoms with Crippen LogP contribution in [0.15, 0.2) is 24.3 Å². The van der Waals surface area contributed by atoms with Gasteiger partial charge in [-0.15, -0.1) is 13.2 Å². The van der Waals surface area contributed by atoms with E-state index in [1.54, 1.807) is 12.1 Å². The van der Waals surface area contributed by atoms with Crippen LogP contribution in [0.1, 0.15) is 44.1 Å². The highest BCUT2D eigenvalue weighted by molar-refractivity contribution is 5.80. The van der Waals surface area contributed by atoms with Crippen LogP contribution in [0.4, 0.5) is 13.2 Å². The maximum absolute atomic E-state index is 12.3. The van der Waals surface area contributed by atoms with Crippen LogP contribution in [0.2, 0.25) is 0 Å². The second kappa shape index (κ2) is 7.10. The van der Waals surface area contributed by atoms with Gasteiger partial charge in [0, 0.05) is 18.5 Å². The molecular weight excluding hydrogens is 347 g/mol. The number of carbonyl (C=O) groups is 1. The Morgan fingerprint density at radius 2 is 2.00 bits per heavy atom. The molecule has 1 aliphatic heterocycles. The fourth-order valence-electron chi connectivity index (χ4n) is 4.28. The molecule has 0 aromatic heterocycles. The van der Waals surface area contributed by atoms with Crippen LogP contribution >= 0.6 is 0 Å². The zero-order chi connectivity index (χ0) is 18.9. The van der Waals surface area contributed by atoms with Gasteiger partial charge in [-0.2, -0.15) is 0 Å². The Labute approximate surface area is 150 Å². The highest BCUT2D eigenvalue weighted by atomic mass is 19.4. The van der Waals surface area contributed by atoms with Crippen molar-refractivity contribution < 1.29 is 27.8 Å². The van der Waals surface area contributed by atoms with Crippen molar-refractivity contribution in [3.8, 4) is 5.75 Å². The Balaban J connectivity index is 1.56. The van der Waals surface area contributed by atoms with Gasteiger partial charge in [0.05, 0.1) is 12.5 Å². The van der Waals surface area contributed by atoms with Crippen molar-refractivity contribution in [3.05, 3.63) is 29.8 Å². The number of amides is 1. The number of ether oxygens (including phenoxy) is 1. The second-order valence-corrected chi connectivity index (χ2v) is 7.54. The van der Waals surface area contributed by atoms with E-state index in [9.17, 15) is 23.1 Å². The van der Waals surface area contributed by atoms with E-state index in [1.165, 1.54) is 12.1 Å². The molecule has 1 N–H and O–H groups in total. The zero-order valence-electron chi connectivity index (χ0n) is 14.8. The normalized spacial score (nSPS) is 23.0. The molecule has 1 saturated carbocycles. The lowest BCUT2D eigenvalue weighted by Gasteiger charge is -2.49. The summed E-state index contributed by atoms with van der Waals surface area (Å²) < 4.78 is 40.6. The number of hydrogen-bond donors (Lipinski definition) is 1. The fourth-order valence-corrected chi connectivity index (χ4v) is 4.28. The van der Waals surface area contributed by atoms with Crippen LogP contribution in [-0.4, -0.2) is 42.0 Å². The van der Waals surface area contributed by atoms with Gasteiger partial charge in [0.25, 0.3) is 0 Å². The molecule has 1 saturated heterocycles. The molecule has 7 heteroatoms. The van der Waals surface area contributed by atoms with E-state index in [4.69, 9.17) is 0 Å². The van der Waals surface area contributed by atoms with E-state index >= 15 is 0 Å². The summed E-state index contributed by atoms with van der Waals surface area (Å²) in [5, 5.41) is 9.28. The van der Waals surface area contributed by atoms with Crippen LogP contribution in [-0.2, 0) is 4.79 Å². The Bertz CT molecular complexity index is 634. The van der Waals surface area contributed by atoms with E-state index in [0.717, 1.165) is 24.8 Å². The van der Waals surface area contributed by atoms with Gasteiger partial charge in [0.1, 0.15) is 5.75 Å². The molecule has 1 aromatic carbocycles. The zero-order valence-corrected chi connectivity index (χ0v) is 14.8. The third-order valence-corrected chi connectivity index (χ3v) is 5.71. The molecule has 1 amide bonds. The summed E-state index contributed by atoms with van der Waals surface area (Å²) in [6.07, 6.45) is -1.12. The van der Waals surface area contributed by atoms with Gasteiger partial charge in [-0.05, 0) is 49.3 Å². The van der Waals surface area contributed by atoms with Crippen molar-refractivity contribution in [2.45, 2.75) is 44.9 Å². The van der Waals surface area contributed by atoms with E-state index in [2.05, 4.69) is 4.74 Å². The van der Waals surface area contributed by atoms with Crippen molar-refractivity contribution >= 4 is 5.91 Å². The lowest BCUT2D eigenvalue weighted by molar-refractivity contribution is -0.274. The minimum absolute atomic E-state index is 0.0257. The Hall–Kier alpha value is -1.76. The summed E-state index contributed by atoms with van der Waals surface area (Å²) in [5.74, 6) is -0.195. The molecule has 1 spiro atoms. The molecule has 0 unspecified atom stereocenters. The van der Waals surface area contributed by atoms with Crippen molar-refractivity contribution in [3.63, 3.8) is 0 Å². The lowest BCUT2D eigenvalue weighted by Crippen LogP contribution is -2.58. The number of halogens is 3. The molecule has 0 bridgehead atoms. The Morgan fingerprint density at radius 3 is 2.54 bits per heavy atom.